The Bertz CT molecular complexity index is 1230. The molecule has 1 unspecified atom stereocenters. The van der Waals surface area contributed by atoms with Crippen molar-refractivity contribution < 1.29 is 28.7 Å². The highest BCUT2D eigenvalue weighted by Gasteiger charge is 2.40. The Morgan fingerprint density at radius 1 is 1.22 bits per heavy atom. The monoisotopic (exact) mass is 454 g/mol. The third-order valence-electron chi connectivity index (χ3n) is 5.50. The number of likely N-dealkylation sites (N-methyl/N-ethyl adjacent to an activating group) is 1. The molecule has 1 atom stereocenters. The van der Waals surface area contributed by atoms with E-state index in [2.05, 4.69) is 0 Å². The van der Waals surface area contributed by atoms with Crippen molar-refractivity contribution in [2.24, 2.45) is 0 Å². The number of rotatable bonds is 7. The van der Waals surface area contributed by atoms with Gasteiger partial charge in [0.25, 0.3) is 0 Å². The van der Waals surface area contributed by atoms with Gasteiger partial charge in [0, 0.05) is 16.0 Å². The first kappa shape index (κ1) is 21.9. The molecule has 8 heteroatoms. The van der Waals surface area contributed by atoms with Crippen LogP contribution in [0.5, 0.6) is 5.75 Å². The van der Waals surface area contributed by atoms with Gasteiger partial charge in [0.1, 0.15) is 0 Å². The molecule has 2 aromatic carbocycles. The zero-order valence-electron chi connectivity index (χ0n) is 18.0. The summed E-state index contributed by atoms with van der Waals surface area (Å²) in [7, 11) is 5.41. The minimum atomic E-state index is -0.837. The maximum atomic E-state index is 13.5. The molecule has 0 fully saturated rings. The van der Waals surface area contributed by atoms with Crippen LogP contribution in [-0.2, 0) is 4.79 Å². The number of nitrogens with one attached hydrogen (secondary N) is 1. The molecule has 0 aliphatic carbocycles. The first-order chi connectivity index (χ1) is 15.3. The average molecular weight is 455 g/mol. The summed E-state index contributed by atoms with van der Waals surface area (Å²) >= 11 is 6.18. The molecule has 32 heavy (non-hydrogen) atoms. The molecule has 0 spiro atoms. The Morgan fingerprint density at radius 2 is 1.97 bits per heavy atom. The van der Waals surface area contributed by atoms with Crippen molar-refractivity contribution in [1.82, 2.24) is 4.90 Å². The quantitative estimate of drug-likeness (QED) is 0.548. The number of halogens is 1. The summed E-state index contributed by atoms with van der Waals surface area (Å²) in [6.45, 7) is 0.925. The Kier molecular flexibility index (Phi) is 5.95. The van der Waals surface area contributed by atoms with Gasteiger partial charge in [0.05, 0.1) is 40.3 Å². The topological polar surface area (TPSA) is 87.2 Å². The second-order valence-electron chi connectivity index (χ2n) is 7.97. The number of nitrogens with zero attached hydrogens (tertiary/aromatic N) is 1. The van der Waals surface area contributed by atoms with Crippen molar-refractivity contribution in [2.45, 2.75) is 6.04 Å². The van der Waals surface area contributed by atoms with Crippen molar-refractivity contribution in [1.29, 1.82) is 0 Å². The molecule has 7 nitrogen and oxygen atoms in total. The number of hydrogen-bond donors (Lipinski definition) is 1. The van der Waals surface area contributed by atoms with Crippen LogP contribution in [0.4, 0.5) is 0 Å². The number of hydrogen-bond acceptors (Lipinski definition) is 5. The van der Waals surface area contributed by atoms with Crippen LogP contribution in [0.15, 0.2) is 64.3 Å². The number of Topliss-reactive ketones (excluding diaryl/α,β-unsaturated/α-hetero) is 1. The molecule has 166 valence electrons. The van der Waals surface area contributed by atoms with E-state index < -0.39 is 23.5 Å². The molecule has 1 aliphatic heterocycles. The van der Waals surface area contributed by atoms with Gasteiger partial charge in [-0.25, -0.2) is 0 Å². The van der Waals surface area contributed by atoms with Crippen LogP contribution < -0.4 is 14.7 Å². The second-order valence-corrected chi connectivity index (χ2v) is 8.41. The van der Waals surface area contributed by atoms with Crippen molar-refractivity contribution in [2.75, 3.05) is 34.3 Å². The highest BCUT2D eigenvalue weighted by Crippen LogP contribution is 2.39. The van der Waals surface area contributed by atoms with Crippen LogP contribution in [0.1, 0.15) is 22.2 Å². The first-order valence-corrected chi connectivity index (χ1v) is 10.6. The standard InChI is InChI=1S/C24H23ClN2O5/c1-26(2)10-11-27-20(14-6-4-8-16(25)12-14)19(22(29)24(27)30)21(28)18-13-15-7-5-9-17(31-3)23(15)32-18/h4-9,12-13,20,29H,10-11H2,1-3H3. The average Bonchev–Trinajstić information content (AvgIpc) is 3.31. The molecular formula is C24H23ClN2O5. The van der Waals surface area contributed by atoms with E-state index in [-0.39, 0.29) is 11.3 Å². The first-order valence-electron chi connectivity index (χ1n) is 10.2. The van der Waals surface area contributed by atoms with E-state index in [1.54, 1.807) is 48.5 Å². The molecule has 2 heterocycles. The van der Waals surface area contributed by atoms with Gasteiger partial charge in [0.15, 0.2) is 17.1 Å². The molecule has 0 saturated carbocycles. The SMILES string of the molecule is COc1cccc2cc(C(=O)C3=C([O-])C(=O)N(CC[NH+](C)C)C3c3cccc(Cl)c3)oc12. The number of furan rings is 1. The maximum Gasteiger partial charge on any atom is 0.240 e. The Labute approximate surface area is 190 Å². The normalized spacial score (nSPS) is 16.5. The molecule has 1 aliphatic rings. The number of carbonyl (C=O) groups excluding carboxylic acids is 2. The number of methoxy groups -OCH3 is 1. The van der Waals surface area contributed by atoms with Crippen LogP contribution >= 0.6 is 11.6 Å². The molecule has 0 radical (unpaired) electrons. The fourth-order valence-electron chi connectivity index (χ4n) is 3.91. The Hall–Kier alpha value is -3.29. The van der Waals surface area contributed by atoms with Crippen LogP contribution in [0.2, 0.25) is 5.02 Å². The van der Waals surface area contributed by atoms with Gasteiger partial charge in [-0.05, 0) is 35.6 Å². The number of ketones is 1. The highest BCUT2D eigenvalue weighted by atomic mass is 35.5. The highest BCUT2D eigenvalue weighted by molar-refractivity contribution is 6.30. The fraction of sp³-hybridized carbons (Fsp3) is 0.250. The molecule has 1 amide bonds. The Balaban J connectivity index is 1.81. The van der Waals surface area contributed by atoms with Crippen molar-refractivity contribution >= 4 is 34.3 Å². The lowest BCUT2D eigenvalue weighted by atomic mass is 9.95. The van der Waals surface area contributed by atoms with Gasteiger partial charge >= 0.3 is 0 Å². The van der Waals surface area contributed by atoms with Gasteiger partial charge in [0.2, 0.25) is 11.7 Å². The predicted molar refractivity (Wildman–Crippen MR) is 118 cm³/mol. The van der Waals surface area contributed by atoms with Gasteiger partial charge in [-0.3, -0.25) is 9.59 Å². The smallest absolute Gasteiger partial charge is 0.240 e. The number of amides is 1. The van der Waals surface area contributed by atoms with Crippen molar-refractivity contribution in [3.05, 3.63) is 76.2 Å². The van der Waals surface area contributed by atoms with E-state index in [1.165, 1.54) is 12.0 Å². The van der Waals surface area contributed by atoms with Crippen LogP contribution in [-0.4, -0.2) is 50.9 Å². The minimum Gasteiger partial charge on any atom is -0.868 e. The largest absolute Gasteiger partial charge is 0.868 e. The van der Waals surface area contributed by atoms with E-state index in [0.29, 0.717) is 40.4 Å². The summed E-state index contributed by atoms with van der Waals surface area (Å²) < 4.78 is 11.1. The second kappa shape index (κ2) is 8.68. The minimum absolute atomic E-state index is 0.0206. The van der Waals surface area contributed by atoms with Crippen LogP contribution in [0.3, 0.4) is 0 Å². The zero-order valence-corrected chi connectivity index (χ0v) is 18.7. The van der Waals surface area contributed by atoms with E-state index in [9.17, 15) is 14.7 Å². The molecule has 1 aromatic heterocycles. The maximum absolute atomic E-state index is 13.5. The summed E-state index contributed by atoms with van der Waals surface area (Å²) in [5.41, 5.74) is 0.870. The van der Waals surface area contributed by atoms with Crippen LogP contribution in [0.25, 0.3) is 11.0 Å². The van der Waals surface area contributed by atoms with Gasteiger partial charge < -0.3 is 24.1 Å². The predicted octanol–water partition coefficient (Wildman–Crippen LogP) is 1.62. The van der Waals surface area contributed by atoms with Gasteiger partial charge in [-0.2, -0.15) is 0 Å². The van der Waals surface area contributed by atoms with E-state index in [1.807, 2.05) is 14.1 Å². The lowest BCUT2D eigenvalue weighted by Crippen LogP contribution is -3.06. The Morgan fingerprint density at radius 3 is 2.66 bits per heavy atom. The van der Waals surface area contributed by atoms with Crippen molar-refractivity contribution in [3.63, 3.8) is 0 Å². The van der Waals surface area contributed by atoms with E-state index in [4.69, 9.17) is 20.8 Å². The van der Waals surface area contributed by atoms with Gasteiger partial charge in [-0.1, -0.05) is 35.9 Å². The summed E-state index contributed by atoms with van der Waals surface area (Å²) in [5.74, 6) is -1.68. The number of carbonyl (C=O) groups is 2. The molecule has 3 aromatic rings. The zero-order chi connectivity index (χ0) is 23.0. The lowest BCUT2D eigenvalue weighted by molar-refractivity contribution is -0.857. The molecule has 0 bridgehead atoms. The number of fused-ring (bicyclic) bond motifs is 1. The molecular weight excluding hydrogens is 432 g/mol. The number of para-hydroxylation sites is 1. The third kappa shape index (κ3) is 3.85. The van der Waals surface area contributed by atoms with E-state index in [0.717, 1.165) is 4.90 Å². The molecule has 0 saturated heterocycles. The van der Waals surface area contributed by atoms with E-state index >= 15 is 0 Å². The van der Waals surface area contributed by atoms with Crippen LogP contribution in [0, 0.1) is 0 Å². The fourth-order valence-corrected chi connectivity index (χ4v) is 4.11. The number of benzene rings is 2. The summed E-state index contributed by atoms with van der Waals surface area (Å²) in [5, 5.41) is 14.1. The summed E-state index contributed by atoms with van der Waals surface area (Å²) in [4.78, 5) is 29.0. The molecule has 1 N–H and O–H groups in total. The van der Waals surface area contributed by atoms with Crippen molar-refractivity contribution in [3.8, 4) is 5.75 Å². The number of quaternary nitrogens is 1. The molecule has 4 rings (SSSR count). The third-order valence-corrected chi connectivity index (χ3v) is 5.73. The van der Waals surface area contributed by atoms with Gasteiger partial charge in [-0.15, -0.1) is 0 Å². The lowest BCUT2D eigenvalue weighted by Gasteiger charge is -2.28. The summed E-state index contributed by atoms with van der Waals surface area (Å²) in [6, 6.07) is 12.9. The number of ether oxygens (including phenoxy) is 1. The summed E-state index contributed by atoms with van der Waals surface area (Å²) in [6.07, 6.45) is 0.